The van der Waals surface area contributed by atoms with Gasteiger partial charge < -0.3 is 10.1 Å². The summed E-state index contributed by atoms with van der Waals surface area (Å²) in [5.41, 5.74) is 0.208. The minimum Gasteiger partial charge on any atom is -0.385 e. The molecule has 0 spiro atoms. The molecule has 1 amide bonds. The first-order valence-corrected chi connectivity index (χ1v) is 9.89. The summed E-state index contributed by atoms with van der Waals surface area (Å²) in [6.45, 7) is 0.205. The number of carbonyl (C=O) groups is 1. The SMILES string of the molecule is COCC[C@H]1CCCCN1S(=O)(=O)c1cccc(C(=O)NCCF)c1. The van der Waals surface area contributed by atoms with Gasteiger partial charge in [-0.3, -0.25) is 4.79 Å². The second-order valence-corrected chi connectivity index (χ2v) is 7.91. The molecule has 1 aromatic rings. The molecule has 2 rings (SSSR count). The Labute approximate surface area is 148 Å². The van der Waals surface area contributed by atoms with E-state index >= 15 is 0 Å². The molecule has 1 aliphatic heterocycles. The first-order valence-electron chi connectivity index (χ1n) is 8.45. The predicted octanol–water partition coefficient (Wildman–Crippen LogP) is 1.97. The summed E-state index contributed by atoms with van der Waals surface area (Å²) in [6.07, 6.45) is 3.26. The molecule has 1 aliphatic rings. The Morgan fingerprint density at radius 3 is 2.92 bits per heavy atom. The van der Waals surface area contributed by atoms with Crippen molar-refractivity contribution in [2.75, 3.05) is 33.5 Å². The first-order chi connectivity index (χ1) is 12.0. The molecule has 1 heterocycles. The maximum atomic E-state index is 13.0. The van der Waals surface area contributed by atoms with Gasteiger partial charge in [0.1, 0.15) is 6.67 Å². The van der Waals surface area contributed by atoms with Crippen molar-refractivity contribution in [3.8, 4) is 0 Å². The number of rotatable bonds is 8. The van der Waals surface area contributed by atoms with Crippen LogP contribution in [-0.2, 0) is 14.8 Å². The maximum Gasteiger partial charge on any atom is 0.251 e. The highest BCUT2D eigenvalue weighted by Crippen LogP contribution is 2.27. The molecule has 0 bridgehead atoms. The topological polar surface area (TPSA) is 75.7 Å². The van der Waals surface area contributed by atoms with Crippen LogP contribution in [0, 0.1) is 0 Å². The Morgan fingerprint density at radius 1 is 1.40 bits per heavy atom. The number of ether oxygens (including phenoxy) is 1. The van der Waals surface area contributed by atoms with Crippen molar-refractivity contribution in [1.29, 1.82) is 0 Å². The fourth-order valence-corrected chi connectivity index (χ4v) is 4.80. The van der Waals surface area contributed by atoms with Gasteiger partial charge in [0.25, 0.3) is 5.91 Å². The molecule has 0 aromatic heterocycles. The fraction of sp³-hybridized carbons (Fsp3) is 0.588. The van der Waals surface area contributed by atoms with E-state index in [1.54, 1.807) is 7.11 Å². The number of halogens is 1. The summed E-state index contributed by atoms with van der Waals surface area (Å²) in [7, 11) is -2.10. The van der Waals surface area contributed by atoms with Crippen LogP contribution in [-0.4, -0.2) is 58.2 Å². The van der Waals surface area contributed by atoms with E-state index in [-0.39, 0.29) is 23.0 Å². The second kappa shape index (κ2) is 9.26. The number of piperidine rings is 1. The Bertz CT molecular complexity index is 681. The van der Waals surface area contributed by atoms with Crippen LogP contribution in [0.1, 0.15) is 36.0 Å². The highest BCUT2D eigenvalue weighted by atomic mass is 32.2. The number of benzene rings is 1. The predicted molar refractivity (Wildman–Crippen MR) is 92.8 cm³/mol. The molecule has 140 valence electrons. The molecular weight excluding hydrogens is 347 g/mol. The Kier molecular flexibility index (Phi) is 7.34. The number of nitrogens with zero attached hydrogens (tertiary/aromatic N) is 1. The molecule has 8 heteroatoms. The maximum absolute atomic E-state index is 13.0. The molecule has 25 heavy (non-hydrogen) atoms. The number of methoxy groups -OCH3 is 1. The molecule has 6 nitrogen and oxygen atoms in total. The number of carbonyl (C=O) groups excluding carboxylic acids is 1. The third-order valence-corrected chi connectivity index (χ3v) is 6.26. The minimum absolute atomic E-state index is 0.0877. The Balaban J connectivity index is 2.24. The van der Waals surface area contributed by atoms with E-state index in [0.717, 1.165) is 19.3 Å². The normalized spacial score (nSPS) is 18.9. The smallest absolute Gasteiger partial charge is 0.251 e. The van der Waals surface area contributed by atoms with Gasteiger partial charge in [0.05, 0.1) is 4.90 Å². The molecule has 1 atom stereocenters. The Morgan fingerprint density at radius 2 is 2.20 bits per heavy atom. The van der Waals surface area contributed by atoms with E-state index in [1.807, 2.05) is 0 Å². The van der Waals surface area contributed by atoms with Gasteiger partial charge in [0.15, 0.2) is 0 Å². The van der Waals surface area contributed by atoms with Crippen molar-refractivity contribution >= 4 is 15.9 Å². The lowest BCUT2D eigenvalue weighted by Crippen LogP contribution is -2.44. The summed E-state index contributed by atoms with van der Waals surface area (Å²) >= 11 is 0. The zero-order chi connectivity index (χ0) is 18.3. The van der Waals surface area contributed by atoms with Gasteiger partial charge in [-0.15, -0.1) is 0 Å². The van der Waals surface area contributed by atoms with E-state index in [4.69, 9.17) is 4.74 Å². The average Bonchev–Trinajstić information content (AvgIpc) is 2.64. The van der Waals surface area contributed by atoms with Gasteiger partial charge in [-0.1, -0.05) is 12.5 Å². The van der Waals surface area contributed by atoms with Gasteiger partial charge in [0.2, 0.25) is 10.0 Å². The van der Waals surface area contributed by atoms with Crippen LogP contribution in [0.5, 0.6) is 0 Å². The number of sulfonamides is 1. The van der Waals surface area contributed by atoms with Crippen LogP contribution < -0.4 is 5.32 Å². The van der Waals surface area contributed by atoms with Gasteiger partial charge in [-0.25, -0.2) is 12.8 Å². The van der Waals surface area contributed by atoms with Crippen LogP contribution in [0.4, 0.5) is 4.39 Å². The molecule has 0 radical (unpaired) electrons. The summed E-state index contributed by atoms with van der Waals surface area (Å²) < 4.78 is 44.9. The lowest BCUT2D eigenvalue weighted by Gasteiger charge is -2.34. The lowest BCUT2D eigenvalue weighted by molar-refractivity contribution is 0.0950. The molecule has 0 aliphatic carbocycles. The minimum atomic E-state index is -3.69. The molecular formula is C17H25FN2O4S. The molecule has 0 unspecified atom stereocenters. The van der Waals surface area contributed by atoms with E-state index in [2.05, 4.69) is 5.32 Å². The van der Waals surface area contributed by atoms with E-state index in [9.17, 15) is 17.6 Å². The van der Waals surface area contributed by atoms with E-state index in [0.29, 0.717) is 19.6 Å². The van der Waals surface area contributed by atoms with Crippen molar-refractivity contribution in [2.45, 2.75) is 36.6 Å². The number of hydrogen-bond acceptors (Lipinski definition) is 4. The highest BCUT2D eigenvalue weighted by Gasteiger charge is 2.33. The van der Waals surface area contributed by atoms with Gasteiger partial charge in [0, 0.05) is 38.4 Å². The van der Waals surface area contributed by atoms with Crippen molar-refractivity contribution in [2.24, 2.45) is 0 Å². The van der Waals surface area contributed by atoms with Crippen molar-refractivity contribution in [3.05, 3.63) is 29.8 Å². The average molecular weight is 372 g/mol. The van der Waals surface area contributed by atoms with Gasteiger partial charge in [-0.05, 0) is 37.5 Å². The summed E-state index contributed by atoms with van der Waals surface area (Å²) in [5.74, 6) is -0.482. The summed E-state index contributed by atoms with van der Waals surface area (Å²) in [5, 5.41) is 2.40. The number of nitrogens with one attached hydrogen (secondary N) is 1. The van der Waals surface area contributed by atoms with E-state index < -0.39 is 22.6 Å². The molecule has 1 aromatic carbocycles. The fourth-order valence-electron chi connectivity index (χ4n) is 3.03. The summed E-state index contributed by atoms with van der Waals surface area (Å²) in [6, 6.07) is 5.80. The highest BCUT2D eigenvalue weighted by molar-refractivity contribution is 7.89. The second-order valence-electron chi connectivity index (χ2n) is 6.02. The number of amides is 1. The molecule has 1 N–H and O–H groups in total. The number of alkyl halides is 1. The van der Waals surface area contributed by atoms with Crippen LogP contribution in [0.2, 0.25) is 0 Å². The van der Waals surface area contributed by atoms with Crippen molar-refractivity contribution in [1.82, 2.24) is 9.62 Å². The van der Waals surface area contributed by atoms with Crippen molar-refractivity contribution < 1.29 is 22.3 Å². The Hall–Kier alpha value is -1.51. The van der Waals surface area contributed by atoms with Gasteiger partial charge >= 0.3 is 0 Å². The zero-order valence-corrected chi connectivity index (χ0v) is 15.2. The monoisotopic (exact) mass is 372 g/mol. The van der Waals surface area contributed by atoms with E-state index in [1.165, 1.54) is 28.6 Å². The zero-order valence-electron chi connectivity index (χ0n) is 14.4. The van der Waals surface area contributed by atoms with Gasteiger partial charge in [-0.2, -0.15) is 4.31 Å². The van der Waals surface area contributed by atoms with Crippen LogP contribution in [0.25, 0.3) is 0 Å². The first kappa shape index (κ1) is 19.8. The third kappa shape index (κ3) is 4.99. The standard InChI is InChI=1S/C17H25FN2O4S/c1-24-12-8-15-6-2-3-11-20(15)25(22,23)16-7-4-5-14(13-16)17(21)19-10-9-18/h4-5,7,13,15H,2-3,6,8-12H2,1H3,(H,19,21)/t15-/m1/s1. The lowest BCUT2D eigenvalue weighted by atomic mass is 10.0. The quantitative estimate of drug-likeness (QED) is 0.757. The summed E-state index contributed by atoms with van der Waals surface area (Å²) in [4.78, 5) is 12.0. The van der Waals surface area contributed by atoms with Crippen molar-refractivity contribution in [3.63, 3.8) is 0 Å². The van der Waals surface area contributed by atoms with Crippen LogP contribution >= 0.6 is 0 Å². The van der Waals surface area contributed by atoms with Crippen LogP contribution in [0.15, 0.2) is 29.2 Å². The largest absolute Gasteiger partial charge is 0.385 e. The number of hydrogen-bond donors (Lipinski definition) is 1. The van der Waals surface area contributed by atoms with Crippen LogP contribution in [0.3, 0.4) is 0 Å². The third-order valence-electron chi connectivity index (χ3n) is 4.31. The molecule has 1 saturated heterocycles. The molecule has 1 fully saturated rings. The molecule has 0 saturated carbocycles.